The first-order chi connectivity index (χ1) is 18.6. The van der Waals surface area contributed by atoms with Crippen LogP contribution < -0.4 is 16.4 Å². The number of rotatable bonds is 5. The molecule has 0 saturated carbocycles. The predicted octanol–water partition coefficient (Wildman–Crippen LogP) is 6.15. The number of aromatic nitrogens is 3. The number of halogens is 1. The molecule has 0 radical (unpaired) electrons. The van der Waals surface area contributed by atoms with E-state index in [1.54, 1.807) is 27.0 Å². The van der Waals surface area contributed by atoms with Crippen LogP contribution in [0.1, 0.15) is 32.2 Å². The van der Waals surface area contributed by atoms with Crippen molar-refractivity contribution in [2.24, 2.45) is 0 Å². The summed E-state index contributed by atoms with van der Waals surface area (Å²) >= 11 is 1.51. The number of nitrogens with two attached hydrogens (primary N) is 1. The monoisotopic (exact) mass is 549 g/mol. The molecule has 11 heteroatoms. The maximum Gasteiger partial charge on any atom is 0.410 e. The Morgan fingerprint density at radius 2 is 1.90 bits per heavy atom. The molecule has 0 bridgehead atoms. The third-order valence-corrected chi connectivity index (χ3v) is 7.21. The van der Waals surface area contributed by atoms with Crippen LogP contribution in [0.4, 0.5) is 32.3 Å². The number of nitrogen functional groups attached to an aromatic ring is 1. The Bertz CT molecular complexity index is 1500. The summed E-state index contributed by atoms with van der Waals surface area (Å²) in [6, 6.07) is 13.2. The van der Waals surface area contributed by atoms with Crippen molar-refractivity contribution in [2.75, 3.05) is 29.5 Å². The van der Waals surface area contributed by atoms with Crippen molar-refractivity contribution in [2.45, 2.75) is 51.9 Å². The number of hydrogen-bond donors (Lipinski definition) is 3. The van der Waals surface area contributed by atoms with Crippen LogP contribution in [0.25, 0.3) is 21.3 Å². The van der Waals surface area contributed by atoms with E-state index in [4.69, 9.17) is 20.4 Å². The summed E-state index contributed by atoms with van der Waals surface area (Å²) in [5, 5.41) is 9.50. The number of ether oxygens (including phenoxy) is 1. The van der Waals surface area contributed by atoms with Crippen molar-refractivity contribution in [3.63, 3.8) is 0 Å². The van der Waals surface area contributed by atoms with Gasteiger partial charge in [-0.25, -0.2) is 24.1 Å². The fourth-order valence-corrected chi connectivity index (χ4v) is 5.44. The zero-order valence-corrected chi connectivity index (χ0v) is 23.2. The molecule has 1 saturated heterocycles. The van der Waals surface area contributed by atoms with Gasteiger partial charge in [-0.3, -0.25) is 0 Å². The van der Waals surface area contributed by atoms with Crippen molar-refractivity contribution in [1.29, 1.82) is 0 Å². The molecule has 9 nitrogen and oxygen atoms in total. The number of thiazole rings is 1. The summed E-state index contributed by atoms with van der Waals surface area (Å²) in [5.41, 5.74) is 7.80. The SMILES string of the molecule is Cc1nc(Nc2ccc(N)c3ccccc23)c(-c2ccnc(N[C@H]3C[C@H](F)CN(C(=O)OC(C)(C)C)C3)n2)s1. The molecule has 1 aliphatic heterocycles. The molecule has 39 heavy (non-hydrogen) atoms. The van der Waals surface area contributed by atoms with E-state index < -0.39 is 17.9 Å². The average Bonchev–Trinajstić information content (AvgIpc) is 3.24. The summed E-state index contributed by atoms with van der Waals surface area (Å²) in [6.45, 7) is 7.60. The lowest BCUT2D eigenvalue weighted by Crippen LogP contribution is -2.51. The van der Waals surface area contributed by atoms with Gasteiger partial charge in [0.1, 0.15) is 11.8 Å². The molecule has 2 aromatic heterocycles. The second-order valence-corrected chi connectivity index (χ2v) is 11.8. The van der Waals surface area contributed by atoms with Crippen molar-refractivity contribution < 1.29 is 13.9 Å². The number of carbonyl (C=O) groups is 1. The zero-order valence-electron chi connectivity index (χ0n) is 22.4. The van der Waals surface area contributed by atoms with Gasteiger partial charge < -0.3 is 26.0 Å². The Labute approximate surface area is 230 Å². The fourth-order valence-electron chi connectivity index (χ4n) is 4.60. The third-order valence-electron chi connectivity index (χ3n) is 6.22. The van der Waals surface area contributed by atoms with E-state index in [2.05, 4.69) is 15.6 Å². The number of anilines is 4. The standard InChI is InChI=1S/C28H32FN7O2S/c1-16-32-25(34-22-10-9-21(30)19-7-5-6-8-20(19)22)24(39-16)23-11-12-31-26(35-23)33-18-13-17(29)14-36(15-18)27(37)38-28(2,3)4/h5-12,17-18,34H,13-15,30H2,1-4H3,(H,31,33,35)/t17-,18-/m0/s1. The first-order valence-electron chi connectivity index (χ1n) is 12.8. The molecule has 1 amide bonds. The molecule has 4 aromatic rings. The average molecular weight is 550 g/mol. The fraction of sp³-hybridized carbons (Fsp3) is 0.357. The lowest BCUT2D eigenvalue weighted by atomic mass is 10.0. The van der Waals surface area contributed by atoms with Crippen LogP contribution in [-0.2, 0) is 4.74 Å². The highest BCUT2D eigenvalue weighted by atomic mass is 32.1. The molecule has 0 aliphatic carbocycles. The number of piperidine rings is 1. The van der Waals surface area contributed by atoms with Crippen LogP contribution in [0, 0.1) is 6.92 Å². The number of nitrogens with one attached hydrogen (secondary N) is 2. The summed E-state index contributed by atoms with van der Waals surface area (Å²) < 4.78 is 20.0. The van der Waals surface area contributed by atoms with Gasteiger partial charge in [-0.2, -0.15) is 0 Å². The van der Waals surface area contributed by atoms with E-state index in [-0.39, 0.29) is 19.0 Å². The van der Waals surface area contributed by atoms with Gasteiger partial charge in [0.2, 0.25) is 5.95 Å². The van der Waals surface area contributed by atoms with Crippen molar-refractivity contribution in [3.8, 4) is 10.6 Å². The minimum Gasteiger partial charge on any atom is -0.444 e. The molecule has 2 aromatic carbocycles. The molecule has 1 aliphatic rings. The number of hydrogen-bond acceptors (Lipinski definition) is 9. The van der Waals surface area contributed by atoms with Gasteiger partial charge in [0.25, 0.3) is 0 Å². The van der Waals surface area contributed by atoms with Crippen LogP contribution in [0.3, 0.4) is 0 Å². The maximum absolute atomic E-state index is 14.6. The number of fused-ring (bicyclic) bond motifs is 1. The van der Waals surface area contributed by atoms with Crippen LogP contribution in [0.2, 0.25) is 0 Å². The van der Waals surface area contributed by atoms with Gasteiger partial charge >= 0.3 is 6.09 Å². The Kier molecular flexibility index (Phi) is 7.26. The summed E-state index contributed by atoms with van der Waals surface area (Å²) in [6.07, 6.45) is 0.187. The summed E-state index contributed by atoms with van der Waals surface area (Å²) in [4.78, 5) is 28.6. The molecule has 3 heterocycles. The normalized spacial score (nSPS) is 17.7. The largest absolute Gasteiger partial charge is 0.444 e. The highest BCUT2D eigenvalue weighted by molar-refractivity contribution is 7.15. The second-order valence-electron chi connectivity index (χ2n) is 10.6. The van der Waals surface area contributed by atoms with Gasteiger partial charge in [-0.1, -0.05) is 24.3 Å². The van der Waals surface area contributed by atoms with E-state index in [9.17, 15) is 9.18 Å². The Hall–Kier alpha value is -3.99. The molecule has 5 rings (SSSR count). The lowest BCUT2D eigenvalue weighted by molar-refractivity contribution is 0.0124. The summed E-state index contributed by atoms with van der Waals surface area (Å²) in [7, 11) is 0. The van der Waals surface area contributed by atoms with Crippen LogP contribution in [0.5, 0.6) is 0 Å². The first kappa shape index (κ1) is 26.6. The molecule has 1 fully saturated rings. The number of aryl methyl sites for hydroxylation is 1. The number of amides is 1. The topological polar surface area (TPSA) is 118 Å². The molecule has 0 spiro atoms. The predicted molar refractivity (Wildman–Crippen MR) is 154 cm³/mol. The van der Waals surface area contributed by atoms with Gasteiger partial charge in [-0.15, -0.1) is 11.3 Å². The summed E-state index contributed by atoms with van der Waals surface area (Å²) in [5.74, 6) is 1.03. The third kappa shape index (κ3) is 6.19. The van der Waals surface area contributed by atoms with Crippen molar-refractivity contribution in [1.82, 2.24) is 19.9 Å². The Morgan fingerprint density at radius 3 is 2.67 bits per heavy atom. The minimum atomic E-state index is -1.18. The number of nitrogens with zero attached hydrogens (tertiary/aromatic N) is 4. The van der Waals surface area contributed by atoms with Crippen molar-refractivity contribution in [3.05, 3.63) is 53.7 Å². The number of alkyl halides is 1. The highest BCUT2D eigenvalue weighted by Gasteiger charge is 2.33. The lowest BCUT2D eigenvalue weighted by Gasteiger charge is -2.36. The van der Waals surface area contributed by atoms with E-state index in [1.807, 2.05) is 49.4 Å². The molecular weight excluding hydrogens is 517 g/mol. The zero-order chi connectivity index (χ0) is 27.7. The van der Waals surface area contributed by atoms with E-state index in [1.165, 1.54) is 16.2 Å². The van der Waals surface area contributed by atoms with Gasteiger partial charge in [0.15, 0.2) is 5.82 Å². The highest BCUT2D eigenvalue weighted by Crippen LogP contribution is 2.37. The van der Waals surface area contributed by atoms with Crippen LogP contribution >= 0.6 is 11.3 Å². The quantitative estimate of drug-likeness (QED) is 0.254. The second kappa shape index (κ2) is 10.6. The van der Waals surface area contributed by atoms with Gasteiger partial charge in [0, 0.05) is 47.4 Å². The molecule has 4 N–H and O–H groups in total. The maximum atomic E-state index is 14.6. The molecule has 2 atom stereocenters. The smallest absolute Gasteiger partial charge is 0.410 e. The number of carbonyl (C=O) groups excluding carboxylic acids is 1. The van der Waals surface area contributed by atoms with Crippen LogP contribution in [0.15, 0.2) is 48.7 Å². The van der Waals surface area contributed by atoms with Crippen molar-refractivity contribution >= 4 is 51.3 Å². The molecular formula is C28H32FN7O2S. The number of likely N-dealkylation sites (tertiary alicyclic amines) is 1. The van der Waals surface area contributed by atoms with Crippen LogP contribution in [-0.4, -0.2) is 56.8 Å². The Morgan fingerprint density at radius 1 is 1.13 bits per heavy atom. The van der Waals surface area contributed by atoms with Gasteiger partial charge in [0.05, 0.1) is 22.1 Å². The first-order valence-corrected chi connectivity index (χ1v) is 13.6. The Balaban J connectivity index is 1.37. The molecule has 204 valence electrons. The minimum absolute atomic E-state index is 0.00296. The number of benzene rings is 2. The molecule has 0 unspecified atom stereocenters. The van der Waals surface area contributed by atoms with E-state index >= 15 is 0 Å². The van der Waals surface area contributed by atoms with Gasteiger partial charge in [-0.05, 0) is 45.9 Å². The van der Waals surface area contributed by atoms with E-state index in [0.717, 1.165) is 26.3 Å². The van der Waals surface area contributed by atoms with E-state index in [0.29, 0.717) is 29.7 Å².